The fraction of sp³-hybridized carbons (Fsp3) is 0.625. The van der Waals surface area contributed by atoms with Gasteiger partial charge in [0.25, 0.3) is 0 Å². The first-order chi connectivity index (χ1) is 13.6. The summed E-state index contributed by atoms with van der Waals surface area (Å²) in [6.07, 6.45) is 14.8. The Morgan fingerprint density at radius 3 is 2.86 bits per heavy atom. The van der Waals surface area contributed by atoms with Gasteiger partial charge in [-0.15, -0.1) is 0 Å². The number of ether oxygens (including phenoxy) is 1. The maximum atomic E-state index is 5.59. The fourth-order valence-corrected chi connectivity index (χ4v) is 5.78. The minimum atomic E-state index is 0.323. The number of imidazole rings is 1. The lowest BCUT2D eigenvalue weighted by atomic mass is 9.56. The van der Waals surface area contributed by atoms with Crippen LogP contribution in [0, 0.1) is 5.92 Å². The van der Waals surface area contributed by atoms with Crippen molar-refractivity contribution in [1.82, 2.24) is 14.5 Å². The molecule has 2 bridgehead atoms. The predicted molar refractivity (Wildman–Crippen MR) is 114 cm³/mol. The third-order valence-electron chi connectivity index (χ3n) is 7.56. The number of rotatable bonds is 8. The second-order valence-corrected chi connectivity index (χ2v) is 8.93. The summed E-state index contributed by atoms with van der Waals surface area (Å²) < 4.78 is 7.78. The van der Waals surface area contributed by atoms with Crippen LogP contribution in [0.2, 0.25) is 0 Å². The molecule has 28 heavy (non-hydrogen) atoms. The number of fused-ring (bicyclic) bond motifs is 4. The number of aromatic nitrogens is 2. The lowest BCUT2D eigenvalue weighted by molar-refractivity contribution is 0.0343. The quantitative estimate of drug-likeness (QED) is 0.622. The van der Waals surface area contributed by atoms with Crippen LogP contribution in [0.15, 0.2) is 36.9 Å². The maximum absolute atomic E-state index is 5.59. The van der Waals surface area contributed by atoms with Gasteiger partial charge in [-0.3, -0.25) is 0 Å². The summed E-state index contributed by atoms with van der Waals surface area (Å²) in [4.78, 5) is 6.73. The highest BCUT2D eigenvalue weighted by atomic mass is 16.5. The minimum absolute atomic E-state index is 0.323. The number of hydrogen-bond acceptors (Lipinski definition) is 3. The second-order valence-electron chi connectivity index (χ2n) is 8.93. The molecule has 4 nitrogen and oxygen atoms in total. The number of nitrogens with zero attached hydrogens (tertiary/aromatic N) is 3. The van der Waals surface area contributed by atoms with Crippen molar-refractivity contribution in [2.24, 2.45) is 5.92 Å². The van der Waals surface area contributed by atoms with Crippen LogP contribution in [0.1, 0.15) is 56.6 Å². The molecule has 0 unspecified atom stereocenters. The first-order valence-electron chi connectivity index (χ1n) is 11.0. The van der Waals surface area contributed by atoms with Gasteiger partial charge in [0.05, 0.1) is 13.4 Å². The number of likely N-dealkylation sites (N-methyl/N-ethyl adjacent to an activating group) is 1. The lowest BCUT2D eigenvalue weighted by Gasteiger charge is -2.55. The molecule has 1 aliphatic carbocycles. The summed E-state index contributed by atoms with van der Waals surface area (Å²) in [5.74, 6) is 1.72. The zero-order chi connectivity index (χ0) is 19.6. The van der Waals surface area contributed by atoms with E-state index in [1.165, 1.54) is 51.5 Å². The fourth-order valence-electron chi connectivity index (χ4n) is 5.78. The van der Waals surface area contributed by atoms with E-state index < -0.39 is 0 Å². The molecule has 1 saturated heterocycles. The molecule has 0 N–H and O–H groups in total. The highest BCUT2D eigenvalue weighted by Gasteiger charge is 2.49. The number of benzene rings is 1. The van der Waals surface area contributed by atoms with Gasteiger partial charge in [0.15, 0.2) is 0 Å². The van der Waals surface area contributed by atoms with Crippen LogP contribution in [0.4, 0.5) is 0 Å². The summed E-state index contributed by atoms with van der Waals surface area (Å²) in [7, 11) is 4.11. The molecule has 4 rings (SSSR count). The average Bonchev–Trinajstić information content (AvgIpc) is 3.22. The molecule has 2 aromatic rings. The largest absolute Gasteiger partial charge is 0.497 e. The van der Waals surface area contributed by atoms with Crippen molar-refractivity contribution in [3.63, 3.8) is 0 Å². The van der Waals surface area contributed by atoms with E-state index in [0.717, 1.165) is 12.3 Å². The standard InChI is InChI=1S/C24H35N3O/c1-19-23-16-20-8-9-21(28-3)17-22(20)24(19,11-14-26(23)2)10-6-4-5-7-13-27-15-12-25-18-27/h8-9,12,15,17-19,23H,4-7,10-11,13-14,16H2,1-3H3/t19-,23+,24+/m0/s1. The SMILES string of the molecule is COc1ccc2c(c1)[C@]1(CCCCCCn3ccnc3)CCN(C)[C@H](C2)[C@@H]1C. The van der Waals surface area contributed by atoms with E-state index in [4.69, 9.17) is 4.74 Å². The highest BCUT2D eigenvalue weighted by molar-refractivity contribution is 5.45. The molecule has 0 amide bonds. The van der Waals surface area contributed by atoms with E-state index in [9.17, 15) is 0 Å². The van der Waals surface area contributed by atoms with Gasteiger partial charge < -0.3 is 14.2 Å². The summed E-state index contributed by atoms with van der Waals surface area (Å²) in [6.45, 7) is 4.81. The van der Waals surface area contributed by atoms with Gasteiger partial charge in [-0.25, -0.2) is 4.98 Å². The van der Waals surface area contributed by atoms with Gasteiger partial charge in [-0.1, -0.05) is 32.3 Å². The molecule has 0 spiro atoms. The van der Waals surface area contributed by atoms with Crippen LogP contribution >= 0.6 is 0 Å². The topological polar surface area (TPSA) is 30.3 Å². The van der Waals surface area contributed by atoms with Crippen molar-refractivity contribution >= 4 is 0 Å². The molecule has 2 aliphatic rings. The average molecular weight is 382 g/mol. The van der Waals surface area contributed by atoms with Crippen molar-refractivity contribution in [2.75, 3.05) is 20.7 Å². The smallest absolute Gasteiger partial charge is 0.119 e. The molecular weight excluding hydrogens is 346 g/mol. The van der Waals surface area contributed by atoms with Gasteiger partial charge in [0.2, 0.25) is 0 Å². The van der Waals surface area contributed by atoms with E-state index in [1.807, 2.05) is 12.5 Å². The Kier molecular flexibility index (Phi) is 5.77. The van der Waals surface area contributed by atoms with Gasteiger partial charge >= 0.3 is 0 Å². The molecule has 152 valence electrons. The van der Waals surface area contributed by atoms with Crippen molar-refractivity contribution < 1.29 is 4.74 Å². The van der Waals surface area contributed by atoms with Crippen LogP contribution in [-0.4, -0.2) is 41.2 Å². The summed E-state index contributed by atoms with van der Waals surface area (Å²) in [6, 6.07) is 7.50. The maximum Gasteiger partial charge on any atom is 0.119 e. The number of aryl methyl sites for hydroxylation is 1. The Morgan fingerprint density at radius 2 is 2.07 bits per heavy atom. The number of methoxy groups -OCH3 is 1. The molecular formula is C24H35N3O. The van der Waals surface area contributed by atoms with Gasteiger partial charge in [-0.2, -0.15) is 0 Å². The Labute approximate surface area is 169 Å². The first kappa shape index (κ1) is 19.5. The molecule has 3 atom stereocenters. The Hall–Kier alpha value is -1.81. The second kappa shape index (κ2) is 8.28. The molecule has 1 fully saturated rings. The van der Waals surface area contributed by atoms with Crippen LogP contribution in [-0.2, 0) is 18.4 Å². The van der Waals surface area contributed by atoms with E-state index in [1.54, 1.807) is 18.2 Å². The van der Waals surface area contributed by atoms with E-state index in [2.05, 4.69) is 52.8 Å². The van der Waals surface area contributed by atoms with Crippen LogP contribution < -0.4 is 4.74 Å². The number of hydrogen-bond donors (Lipinski definition) is 0. The summed E-state index contributed by atoms with van der Waals surface area (Å²) in [5.41, 5.74) is 3.46. The molecule has 4 heteroatoms. The van der Waals surface area contributed by atoms with Crippen LogP contribution in [0.25, 0.3) is 0 Å². The molecule has 1 aromatic carbocycles. The first-order valence-corrected chi connectivity index (χ1v) is 11.0. The lowest BCUT2D eigenvalue weighted by Crippen LogP contribution is -2.57. The summed E-state index contributed by atoms with van der Waals surface area (Å²) >= 11 is 0. The van der Waals surface area contributed by atoms with E-state index in [0.29, 0.717) is 17.4 Å². The third-order valence-corrected chi connectivity index (χ3v) is 7.56. The number of likely N-dealkylation sites (tertiary alicyclic amines) is 1. The normalized spacial score (nSPS) is 26.8. The third kappa shape index (κ3) is 3.59. The van der Waals surface area contributed by atoms with Crippen molar-refractivity contribution in [2.45, 2.75) is 69.9 Å². The predicted octanol–water partition coefficient (Wildman–Crippen LogP) is 4.68. The molecule has 0 radical (unpaired) electrons. The van der Waals surface area contributed by atoms with Crippen molar-refractivity contribution in [3.05, 3.63) is 48.0 Å². The van der Waals surface area contributed by atoms with Gasteiger partial charge in [0.1, 0.15) is 5.75 Å². The monoisotopic (exact) mass is 381 g/mol. The number of piperidine rings is 1. The molecule has 0 saturated carbocycles. The molecule has 2 heterocycles. The molecule has 1 aromatic heterocycles. The zero-order valence-electron chi connectivity index (χ0n) is 17.7. The molecule has 1 aliphatic heterocycles. The van der Waals surface area contributed by atoms with Gasteiger partial charge in [-0.05, 0) is 68.5 Å². The van der Waals surface area contributed by atoms with Crippen molar-refractivity contribution in [1.29, 1.82) is 0 Å². The Morgan fingerprint density at radius 1 is 1.21 bits per heavy atom. The Bertz CT molecular complexity index is 772. The van der Waals surface area contributed by atoms with Crippen molar-refractivity contribution in [3.8, 4) is 5.75 Å². The summed E-state index contributed by atoms with van der Waals surface area (Å²) in [5, 5.41) is 0. The van der Waals surface area contributed by atoms with Crippen LogP contribution in [0.3, 0.4) is 0 Å². The van der Waals surface area contributed by atoms with E-state index >= 15 is 0 Å². The minimum Gasteiger partial charge on any atom is -0.497 e. The highest BCUT2D eigenvalue weighted by Crippen LogP contribution is 2.52. The van der Waals surface area contributed by atoms with E-state index in [-0.39, 0.29) is 0 Å². The van der Waals surface area contributed by atoms with Gasteiger partial charge in [0, 0.05) is 30.4 Å². The zero-order valence-corrected chi connectivity index (χ0v) is 17.7. The Balaban J connectivity index is 1.44. The van der Waals surface area contributed by atoms with Crippen LogP contribution in [0.5, 0.6) is 5.75 Å². The number of unbranched alkanes of at least 4 members (excludes halogenated alkanes) is 3.